The largest absolute Gasteiger partial charge is 0.315 e. The molecule has 1 aliphatic heterocycles. The highest BCUT2D eigenvalue weighted by Crippen LogP contribution is 2.40. The average molecular weight is 280 g/mol. The highest BCUT2D eigenvalue weighted by atomic mass is 35.5. The van der Waals surface area contributed by atoms with Gasteiger partial charge >= 0.3 is 0 Å². The van der Waals surface area contributed by atoms with Crippen LogP contribution in [-0.4, -0.2) is 13.1 Å². The van der Waals surface area contributed by atoms with E-state index in [-0.39, 0.29) is 5.41 Å². The summed E-state index contributed by atoms with van der Waals surface area (Å²) in [6, 6.07) is 8.40. The van der Waals surface area contributed by atoms with Crippen molar-refractivity contribution in [1.29, 1.82) is 0 Å². The second-order valence-corrected chi connectivity index (χ2v) is 6.39. The Morgan fingerprint density at radius 2 is 2.00 bits per heavy atom. The topological polar surface area (TPSA) is 12.0 Å². The van der Waals surface area contributed by atoms with Gasteiger partial charge in [-0.15, -0.1) is 0 Å². The Balaban J connectivity index is 2.12. The molecule has 106 valence electrons. The molecule has 1 fully saturated rings. The van der Waals surface area contributed by atoms with Crippen LogP contribution < -0.4 is 5.32 Å². The van der Waals surface area contributed by atoms with Gasteiger partial charge in [0.25, 0.3) is 0 Å². The molecule has 2 heteroatoms. The van der Waals surface area contributed by atoms with Crippen LogP contribution in [0.1, 0.15) is 51.5 Å². The van der Waals surface area contributed by atoms with Crippen molar-refractivity contribution in [3.63, 3.8) is 0 Å². The predicted molar refractivity (Wildman–Crippen MR) is 83.9 cm³/mol. The monoisotopic (exact) mass is 279 g/mol. The van der Waals surface area contributed by atoms with E-state index in [0.717, 1.165) is 24.0 Å². The van der Waals surface area contributed by atoms with Crippen molar-refractivity contribution in [1.82, 2.24) is 5.32 Å². The Hall–Kier alpha value is -0.530. The number of unbranched alkanes of at least 4 members (excludes halogenated alkanes) is 1. The molecular formula is C17H26ClN. The lowest BCUT2D eigenvalue weighted by Crippen LogP contribution is -2.57. The molecule has 0 aliphatic carbocycles. The number of hydrogen-bond acceptors (Lipinski definition) is 1. The van der Waals surface area contributed by atoms with Gasteiger partial charge in [-0.05, 0) is 24.0 Å². The molecule has 19 heavy (non-hydrogen) atoms. The van der Waals surface area contributed by atoms with Gasteiger partial charge in [-0.1, -0.05) is 69.3 Å². The fourth-order valence-corrected chi connectivity index (χ4v) is 3.59. The summed E-state index contributed by atoms with van der Waals surface area (Å²) in [4.78, 5) is 0. The Morgan fingerprint density at radius 3 is 2.53 bits per heavy atom. The van der Waals surface area contributed by atoms with E-state index in [2.05, 4.69) is 31.3 Å². The van der Waals surface area contributed by atoms with Crippen molar-refractivity contribution in [3.05, 3.63) is 34.9 Å². The second kappa shape index (κ2) is 6.76. The minimum absolute atomic E-state index is 0.284. The molecule has 1 aromatic rings. The first kappa shape index (κ1) is 14.9. The molecule has 2 rings (SSSR count). The lowest BCUT2D eigenvalue weighted by atomic mass is 9.68. The first-order valence-corrected chi connectivity index (χ1v) is 8.05. The average Bonchev–Trinajstić information content (AvgIpc) is 2.39. The zero-order valence-electron chi connectivity index (χ0n) is 12.2. The Morgan fingerprint density at radius 1 is 1.26 bits per heavy atom. The molecule has 0 radical (unpaired) electrons. The molecule has 0 aromatic heterocycles. The summed E-state index contributed by atoms with van der Waals surface area (Å²) in [5.41, 5.74) is 1.64. The molecule has 1 saturated heterocycles. The maximum atomic E-state index is 6.42. The molecule has 1 N–H and O–H groups in total. The number of benzene rings is 1. The van der Waals surface area contributed by atoms with Crippen molar-refractivity contribution < 1.29 is 0 Å². The van der Waals surface area contributed by atoms with Gasteiger partial charge in [-0.25, -0.2) is 0 Å². The molecule has 0 saturated carbocycles. The van der Waals surface area contributed by atoms with Crippen molar-refractivity contribution in [2.24, 2.45) is 5.92 Å². The number of nitrogens with one attached hydrogen (secondary N) is 1. The smallest absolute Gasteiger partial charge is 0.0444 e. The van der Waals surface area contributed by atoms with Crippen LogP contribution in [0.5, 0.6) is 0 Å². The van der Waals surface area contributed by atoms with E-state index < -0.39 is 0 Å². The minimum atomic E-state index is 0.284. The van der Waals surface area contributed by atoms with Crippen LogP contribution in [-0.2, 0) is 5.41 Å². The highest BCUT2D eigenvalue weighted by molar-refractivity contribution is 6.31. The quantitative estimate of drug-likeness (QED) is 0.757. The lowest BCUT2D eigenvalue weighted by Gasteiger charge is -2.46. The molecule has 1 heterocycles. The van der Waals surface area contributed by atoms with Crippen molar-refractivity contribution in [2.75, 3.05) is 13.1 Å². The summed E-state index contributed by atoms with van der Waals surface area (Å²) in [5, 5.41) is 4.39. The van der Waals surface area contributed by atoms with Gasteiger partial charge in [-0.2, -0.15) is 0 Å². The third-order valence-corrected chi connectivity index (χ3v) is 4.92. The summed E-state index contributed by atoms with van der Waals surface area (Å²) in [7, 11) is 0. The summed E-state index contributed by atoms with van der Waals surface area (Å²) >= 11 is 6.42. The number of halogens is 1. The predicted octanol–water partition coefficient (Wildman–Crippen LogP) is 4.79. The van der Waals surface area contributed by atoms with E-state index >= 15 is 0 Å². The standard InChI is InChI=1S/C17H26ClN/c1-3-5-8-14(4-2)11-17(12-19-13-17)15-9-6-7-10-16(15)18/h6-7,9-10,14,19H,3-5,8,11-13H2,1-2H3. The van der Waals surface area contributed by atoms with Gasteiger partial charge in [0.2, 0.25) is 0 Å². The first-order valence-electron chi connectivity index (χ1n) is 7.67. The highest BCUT2D eigenvalue weighted by Gasteiger charge is 2.41. The van der Waals surface area contributed by atoms with Gasteiger partial charge in [0.05, 0.1) is 0 Å². The molecule has 1 aromatic carbocycles. The van der Waals surface area contributed by atoms with Crippen LogP contribution in [0.3, 0.4) is 0 Å². The third kappa shape index (κ3) is 3.32. The molecule has 1 atom stereocenters. The molecular weight excluding hydrogens is 254 g/mol. The molecule has 0 bridgehead atoms. The van der Waals surface area contributed by atoms with Gasteiger partial charge in [-0.3, -0.25) is 0 Å². The molecule has 1 aliphatic rings. The van der Waals surface area contributed by atoms with Crippen molar-refractivity contribution in [2.45, 2.75) is 51.4 Å². The Kier molecular flexibility index (Phi) is 5.29. The normalized spacial score (nSPS) is 18.9. The van der Waals surface area contributed by atoms with Gasteiger partial charge in [0, 0.05) is 23.5 Å². The van der Waals surface area contributed by atoms with Crippen LogP contribution in [0.4, 0.5) is 0 Å². The Labute approximate surface area is 122 Å². The fraction of sp³-hybridized carbons (Fsp3) is 0.647. The Bertz CT molecular complexity index is 398. The van der Waals surface area contributed by atoms with Gasteiger partial charge in [0.15, 0.2) is 0 Å². The van der Waals surface area contributed by atoms with Gasteiger partial charge < -0.3 is 5.32 Å². The van der Waals surface area contributed by atoms with E-state index in [1.165, 1.54) is 37.7 Å². The van der Waals surface area contributed by atoms with Crippen LogP contribution in [0, 0.1) is 5.92 Å². The summed E-state index contributed by atoms with van der Waals surface area (Å²) in [6.45, 7) is 6.77. The third-order valence-electron chi connectivity index (χ3n) is 4.59. The van der Waals surface area contributed by atoms with Crippen LogP contribution in [0.25, 0.3) is 0 Å². The van der Waals surface area contributed by atoms with Crippen LogP contribution in [0.15, 0.2) is 24.3 Å². The van der Waals surface area contributed by atoms with E-state index in [0.29, 0.717) is 0 Å². The maximum absolute atomic E-state index is 6.42. The minimum Gasteiger partial charge on any atom is -0.315 e. The van der Waals surface area contributed by atoms with Crippen LogP contribution in [0.2, 0.25) is 5.02 Å². The van der Waals surface area contributed by atoms with E-state index in [4.69, 9.17) is 11.6 Å². The van der Waals surface area contributed by atoms with Crippen molar-refractivity contribution in [3.8, 4) is 0 Å². The summed E-state index contributed by atoms with van der Waals surface area (Å²) in [6.07, 6.45) is 6.57. The fourth-order valence-electron chi connectivity index (χ4n) is 3.26. The molecule has 1 unspecified atom stereocenters. The maximum Gasteiger partial charge on any atom is 0.0444 e. The second-order valence-electron chi connectivity index (χ2n) is 5.98. The number of rotatable bonds is 7. The van der Waals surface area contributed by atoms with Gasteiger partial charge in [0.1, 0.15) is 0 Å². The summed E-state index contributed by atoms with van der Waals surface area (Å²) < 4.78 is 0. The van der Waals surface area contributed by atoms with E-state index in [1.54, 1.807) is 0 Å². The van der Waals surface area contributed by atoms with E-state index in [9.17, 15) is 0 Å². The molecule has 1 nitrogen and oxygen atoms in total. The molecule has 0 spiro atoms. The van der Waals surface area contributed by atoms with E-state index in [1.807, 2.05) is 12.1 Å². The summed E-state index contributed by atoms with van der Waals surface area (Å²) in [5.74, 6) is 0.832. The lowest BCUT2D eigenvalue weighted by molar-refractivity contribution is 0.206. The molecule has 0 amide bonds. The number of hydrogen-bond donors (Lipinski definition) is 1. The van der Waals surface area contributed by atoms with Crippen LogP contribution >= 0.6 is 11.6 Å². The zero-order valence-corrected chi connectivity index (χ0v) is 13.0. The van der Waals surface area contributed by atoms with Crippen molar-refractivity contribution >= 4 is 11.6 Å². The zero-order chi connectivity index (χ0) is 13.7. The SMILES string of the molecule is CCCCC(CC)CC1(c2ccccc2Cl)CNC1. The first-order chi connectivity index (χ1) is 9.22.